The van der Waals surface area contributed by atoms with Gasteiger partial charge in [-0.2, -0.15) is 0 Å². The van der Waals surface area contributed by atoms with Gasteiger partial charge in [0.05, 0.1) is 0 Å². The molecule has 3 heterocycles. The SMILES string of the molecule is CNCC[C@@H](Oc1cccc(N2CCN(C)c3nc(C)ncc3C2=O)c1)c1cccs1. The van der Waals surface area contributed by atoms with Crippen LogP contribution >= 0.6 is 11.3 Å². The van der Waals surface area contributed by atoms with Crippen molar-refractivity contribution in [2.24, 2.45) is 0 Å². The molecule has 1 atom stereocenters. The number of carbonyl (C=O) groups is 1. The van der Waals surface area contributed by atoms with Gasteiger partial charge in [0, 0.05) is 49.4 Å². The number of likely N-dealkylation sites (N-methyl/N-ethyl adjacent to an activating group) is 1. The molecule has 0 radical (unpaired) electrons. The van der Waals surface area contributed by atoms with Gasteiger partial charge in [-0.3, -0.25) is 4.79 Å². The van der Waals surface area contributed by atoms with Crippen molar-refractivity contribution in [1.29, 1.82) is 0 Å². The van der Waals surface area contributed by atoms with Crippen LogP contribution in [0.15, 0.2) is 48.0 Å². The summed E-state index contributed by atoms with van der Waals surface area (Å²) >= 11 is 1.69. The molecule has 0 fully saturated rings. The second-order valence-corrected chi connectivity index (χ2v) is 8.52. The molecule has 7 nitrogen and oxygen atoms in total. The number of hydrogen-bond donors (Lipinski definition) is 1. The lowest BCUT2D eigenvalue weighted by atomic mass is 10.2. The molecule has 0 unspecified atom stereocenters. The molecule has 3 aromatic rings. The van der Waals surface area contributed by atoms with E-state index in [2.05, 4.69) is 26.7 Å². The first-order valence-corrected chi connectivity index (χ1v) is 11.3. The van der Waals surface area contributed by atoms with Crippen LogP contribution in [-0.4, -0.2) is 49.6 Å². The molecule has 0 bridgehead atoms. The molecule has 0 spiro atoms. The Kier molecular flexibility index (Phi) is 6.48. The molecule has 2 aromatic heterocycles. The topological polar surface area (TPSA) is 70.6 Å². The van der Waals surface area contributed by atoms with Crippen LogP contribution in [0, 0.1) is 6.92 Å². The first-order valence-electron chi connectivity index (χ1n) is 10.4. The molecule has 1 aromatic carbocycles. The third kappa shape index (κ3) is 4.70. The lowest BCUT2D eigenvalue weighted by Crippen LogP contribution is -2.33. The Morgan fingerprint density at radius 3 is 2.90 bits per heavy atom. The number of fused-ring (bicyclic) bond motifs is 1. The van der Waals surface area contributed by atoms with E-state index in [-0.39, 0.29) is 12.0 Å². The molecule has 0 saturated carbocycles. The van der Waals surface area contributed by atoms with E-state index in [1.54, 1.807) is 22.4 Å². The number of aromatic nitrogens is 2. The number of ether oxygens (including phenoxy) is 1. The minimum Gasteiger partial charge on any atom is -0.485 e. The van der Waals surface area contributed by atoms with Gasteiger partial charge < -0.3 is 19.9 Å². The Hall–Kier alpha value is -2.97. The van der Waals surface area contributed by atoms with E-state index in [9.17, 15) is 4.79 Å². The van der Waals surface area contributed by atoms with Crippen molar-refractivity contribution in [1.82, 2.24) is 15.3 Å². The Balaban J connectivity index is 1.60. The number of amides is 1. The first kappa shape index (κ1) is 21.3. The number of aryl methyl sites for hydroxylation is 1. The van der Waals surface area contributed by atoms with E-state index in [1.807, 2.05) is 56.3 Å². The summed E-state index contributed by atoms with van der Waals surface area (Å²) in [5, 5.41) is 5.26. The van der Waals surface area contributed by atoms with Crippen LogP contribution in [0.5, 0.6) is 5.75 Å². The molecule has 1 aliphatic rings. The highest BCUT2D eigenvalue weighted by molar-refractivity contribution is 7.10. The highest BCUT2D eigenvalue weighted by atomic mass is 32.1. The molecule has 1 N–H and O–H groups in total. The fourth-order valence-electron chi connectivity index (χ4n) is 3.65. The molecule has 162 valence electrons. The standard InChI is InChI=1S/C23H27N5O2S/c1-16-25-15-19-22(26-16)27(3)11-12-28(23(19)29)17-6-4-7-18(14-17)30-20(9-10-24-2)21-8-5-13-31-21/h4-8,13-15,20,24H,9-12H2,1-3H3/t20-/m1/s1. The lowest BCUT2D eigenvalue weighted by molar-refractivity contribution is 0.0989. The number of nitrogens with one attached hydrogen (secondary N) is 1. The van der Waals surface area contributed by atoms with Gasteiger partial charge in [-0.05, 0) is 44.1 Å². The zero-order chi connectivity index (χ0) is 21.8. The molecule has 4 rings (SSSR count). The molecule has 0 aliphatic carbocycles. The predicted octanol–water partition coefficient (Wildman–Crippen LogP) is 3.67. The summed E-state index contributed by atoms with van der Waals surface area (Å²) in [7, 11) is 3.89. The minimum atomic E-state index is -0.0958. The van der Waals surface area contributed by atoms with E-state index < -0.39 is 0 Å². The summed E-state index contributed by atoms with van der Waals surface area (Å²) in [5.41, 5.74) is 1.32. The van der Waals surface area contributed by atoms with Gasteiger partial charge >= 0.3 is 0 Å². The maximum absolute atomic E-state index is 13.3. The van der Waals surface area contributed by atoms with Crippen molar-refractivity contribution in [2.45, 2.75) is 19.4 Å². The van der Waals surface area contributed by atoms with Crippen LogP contribution in [-0.2, 0) is 0 Å². The van der Waals surface area contributed by atoms with Crippen molar-refractivity contribution < 1.29 is 9.53 Å². The Morgan fingerprint density at radius 2 is 2.13 bits per heavy atom. The van der Waals surface area contributed by atoms with Crippen molar-refractivity contribution in [3.8, 4) is 5.75 Å². The Bertz CT molecular complexity index is 1040. The van der Waals surface area contributed by atoms with Crippen LogP contribution < -0.4 is 19.9 Å². The lowest BCUT2D eigenvalue weighted by Gasteiger charge is -2.23. The number of hydrogen-bond acceptors (Lipinski definition) is 7. The largest absolute Gasteiger partial charge is 0.485 e. The fraction of sp³-hybridized carbons (Fsp3) is 0.348. The predicted molar refractivity (Wildman–Crippen MR) is 124 cm³/mol. The number of anilines is 2. The summed E-state index contributed by atoms with van der Waals surface area (Å²) in [6.45, 7) is 3.93. The van der Waals surface area contributed by atoms with E-state index in [4.69, 9.17) is 4.74 Å². The molecule has 1 amide bonds. The van der Waals surface area contributed by atoms with Crippen LogP contribution in [0.25, 0.3) is 0 Å². The summed E-state index contributed by atoms with van der Waals surface area (Å²) < 4.78 is 6.36. The summed E-state index contributed by atoms with van der Waals surface area (Å²) in [5.74, 6) is 1.99. The van der Waals surface area contributed by atoms with Gasteiger partial charge in [0.1, 0.15) is 29.1 Å². The maximum atomic E-state index is 13.3. The van der Waals surface area contributed by atoms with Crippen molar-refractivity contribution in [3.63, 3.8) is 0 Å². The number of thiophene rings is 1. The van der Waals surface area contributed by atoms with Crippen LogP contribution in [0.1, 0.15) is 33.6 Å². The average molecular weight is 438 g/mol. The van der Waals surface area contributed by atoms with Gasteiger partial charge in [0.2, 0.25) is 0 Å². The van der Waals surface area contributed by atoms with Crippen LogP contribution in [0.2, 0.25) is 0 Å². The van der Waals surface area contributed by atoms with E-state index in [0.29, 0.717) is 30.3 Å². The number of carbonyl (C=O) groups excluding carboxylic acids is 1. The third-order valence-corrected chi connectivity index (χ3v) is 6.27. The average Bonchev–Trinajstić information content (AvgIpc) is 3.28. The normalized spacial score (nSPS) is 14.9. The maximum Gasteiger partial charge on any atom is 0.263 e. The summed E-state index contributed by atoms with van der Waals surface area (Å²) in [6.07, 6.45) is 2.45. The van der Waals surface area contributed by atoms with Crippen molar-refractivity contribution >= 4 is 28.7 Å². The number of nitrogens with zero attached hydrogens (tertiary/aromatic N) is 4. The summed E-state index contributed by atoms with van der Waals surface area (Å²) in [4.78, 5) is 27.0. The van der Waals surface area contributed by atoms with E-state index >= 15 is 0 Å². The zero-order valence-corrected chi connectivity index (χ0v) is 18.9. The molecule has 8 heteroatoms. The van der Waals surface area contributed by atoms with Gasteiger partial charge in [-0.15, -0.1) is 11.3 Å². The molecular formula is C23H27N5O2S. The quantitative estimate of drug-likeness (QED) is 0.608. The first-order chi connectivity index (χ1) is 15.1. The van der Waals surface area contributed by atoms with Gasteiger partial charge in [-0.1, -0.05) is 12.1 Å². The third-order valence-electron chi connectivity index (χ3n) is 5.31. The van der Waals surface area contributed by atoms with E-state index in [0.717, 1.165) is 24.4 Å². The van der Waals surface area contributed by atoms with Crippen LogP contribution in [0.4, 0.5) is 11.5 Å². The fourth-order valence-corrected chi connectivity index (χ4v) is 4.44. The Morgan fingerprint density at radius 1 is 1.26 bits per heavy atom. The van der Waals surface area contributed by atoms with Gasteiger partial charge in [-0.25, -0.2) is 9.97 Å². The van der Waals surface area contributed by atoms with Gasteiger partial charge in [0.15, 0.2) is 0 Å². The summed E-state index contributed by atoms with van der Waals surface area (Å²) in [6, 6.07) is 11.9. The monoisotopic (exact) mass is 437 g/mol. The molecule has 31 heavy (non-hydrogen) atoms. The highest BCUT2D eigenvalue weighted by Gasteiger charge is 2.28. The van der Waals surface area contributed by atoms with Gasteiger partial charge in [0.25, 0.3) is 5.91 Å². The second kappa shape index (κ2) is 9.45. The Labute approximate surface area is 186 Å². The zero-order valence-electron chi connectivity index (χ0n) is 18.0. The second-order valence-electron chi connectivity index (χ2n) is 7.54. The molecule has 0 saturated heterocycles. The van der Waals surface area contributed by atoms with E-state index in [1.165, 1.54) is 4.88 Å². The van der Waals surface area contributed by atoms with Crippen LogP contribution in [0.3, 0.4) is 0 Å². The van der Waals surface area contributed by atoms with Crippen molar-refractivity contribution in [2.75, 3.05) is 43.5 Å². The molecule has 1 aliphatic heterocycles. The smallest absolute Gasteiger partial charge is 0.263 e. The molecular weight excluding hydrogens is 410 g/mol. The minimum absolute atomic E-state index is 0.0363. The number of benzene rings is 1. The number of rotatable bonds is 7. The van der Waals surface area contributed by atoms with Crippen molar-refractivity contribution in [3.05, 3.63) is 64.2 Å². The highest BCUT2D eigenvalue weighted by Crippen LogP contribution is 2.31.